The fraction of sp³-hybridized carbons (Fsp3) is 0.676. The van der Waals surface area contributed by atoms with Crippen LogP contribution >= 0.6 is 0 Å². The Bertz CT molecular complexity index is 1320. The summed E-state index contributed by atoms with van der Waals surface area (Å²) in [5.74, 6) is -8.40. The van der Waals surface area contributed by atoms with Crippen molar-refractivity contribution in [2.24, 2.45) is 34.5 Å². The number of aromatic hydroxyl groups is 1. The molecule has 0 radical (unpaired) electrons. The third kappa shape index (κ3) is 4.36. The summed E-state index contributed by atoms with van der Waals surface area (Å²) >= 11 is 0. The molecule has 6 atom stereocenters. The number of ketones is 5. The summed E-state index contributed by atoms with van der Waals surface area (Å²) < 4.78 is 0. The average Bonchev–Trinajstić information content (AvgIpc) is 2.84. The number of unbranched alkanes of at least 4 members (excludes halogenated alkanes) is 3. The molecule has 3 unspecified atom stereocenters. The van der Waals surface area contributed by atoms with Crippen molar-refractivity contribution in [3.63, 3.8) is 0 Å². The van der Waals surface area contributed by atoms with Crippen LogP contribution in [0.2, 0.25) is 0 Å². The lowest BCUT2D eigenvalue weighted by Crippen LogP contribution is -2.76. The number of benzene rings is 1. The Morgan fingerprint density at radius 1 is 1.02 bits per heavy atom. The highest BCUT2D eigenvalue weighted by atomic mass is 16.3. The van der Waals surface area contributed by atoms with Gasteiger partial charge in [0.25, 0.3) is 0 Å². The molecule has 2 saturated carbocycles. The fourth-order valence-electron chi connectivity index (χ4n) is 8.74. The number of hydrogen-bond donors (Lipinski definition) is 2. The smallest absolute Gasteiger partial charge is 0.190 e. The standard InChI is InChI=1S/C34H46O7/c1-9-10-11-12-13-20-14-21(17(2)3)22-15-32(7)16-33(8)25(18(4)5)28(37)23(19(6)35)30(39)34(33,41)31(40)26(32)29(38)24(22)27(20)36/h14,17-18,23,25-26,36,41H,9-13,15-16H2,1-8H3/t23?,25?,26?,32-,33-,34+/m1/s1. The molecule has 0 heterocycles. The number of aryl methyl sites for hydroxylation is 1. The third-order valence-electron chi connectivity index (χ3n) is 10.4. The van der Waals surface area contributed by atoms with Gasteiger partial charge >= 0.3 is 0 Å². The van der Waals surface area contributed by atoms with E-state index in [1.807, 2.05) is 26.8 Å². The summed E-state index contributed by atoms with van der Waals surface area (Å²) in [6.45, 7) is 14.3. The van der Waals surface area contributed by atoms with Gasteiger partial charge in [0.05, 0.1) is 11.5 Å². The van der Waals surface area contributed by atoms with E-state index in [4.69, 9.17) is 0 Å². The first-order valence-corrected chi connectivity index (χ1v) is 15.3. The number of rotatable bonds is 8. The third-order valence-corrected chi connectivity index (χ3v) is 10.4. The Kier molecular flexibility index (Phi) is 8.05. The molecule has 1 aromatic carbocycles. The number of hydrogen-bond acceptors (Lipinski definition) is 7. The summed E-state index contributed by atoms with van der Waals surface area (Å²) in [4.78, 5) is 68.8. The molecule has 0 aliphatic heterocycles. The van der Waals surface area contributed by atoms with Crippen LogP contribution in [0.25, 0.3) is 0 Å². The molecule has 7 heteroatoms. The van der Waals surface area contributed by atoms with Crippen LogP contribution in [-0.2, 0) is 32.0 Å². The molecule has 0 amide bonds. The second-order valence-corrected chi connectivity index (χ2v) is 14.1. The van der Waals surface area contributed by atoms with Crippen molar-refractivity contribution in [2.45, 2.75) is 112 Å². The predicted molar refractivity (Wildman–Crippen MR) is 155 cm³/mol. The zero-order valence-electron chi connectivity index (χ0n) is 25.8. The summed E-state index contributed by atoms with van der Waals surface area (Å²) in [5, 5.41) is 23.6. The van der Waals surface area contributed by atoms with Gasteiger partial charge in [0.15, 0.2) is 28.7 Å². The molecule has 3 aliphatic rings. The predicted octanol–water partition coefficient (Wildman–Crippen LogP) is 5.34. The second-order valence-electron chi connectivity index (χ2n) is 14.1. The Balaban J connectivity index is 1.92. The Morgan fingerprint density at radius 3 is 2.20 bits per heavy atom. The van der Waals surface area contributed by atoms with Crippen LogP contribution in [0.1, 0.15) is 120 Å². The molecular formula is C34H46O7. The van der Waals surface area contributed by atoms with Gasteiger partial charge in [0, 0.05) is 11.3 Å². The molecule has 1 aromatic rings. The van der Waals surface area contributed by atoms with Crippen molar-refractivity contribution in [1.29, 1.82) is 0 Å². The molecule has 0 bridgehead atoms. The van der Waals surface area contributed by atoms with E-state index in [0.29, 0.717) is 17.5 Å². The molecule has 2 N–H and O–H groups in total. The van der Waals surface area contributed by atoms with Gasteiger partial charge in [-0.15, -0.1) is 0 Å². The van der Waals surface area contributed by atoms with Crippen molar-refractivity contribution in [3.05, 3.63) is 28.3 Å². The van der Waals surface area contributed by atoms with E-state index in [2.05, 4.69) is 6.92 Å². The first kappa shape index (κ1) is 31.3. The van der Waals surface area contributed by atoms with Gasteiger partial charge in [-0.05, 0) is 66.5 Å². The van der Waals surface area contributed by atoms with E-state index < -0.39 is 63.1 Å². The van der Waals surface area contributed by atoms with Crippen molar-refractivity contribution in [3.8, 4) is 5.75 Å². The average molecular weight is 567 g/mol. The normalized spacial score (nSPS) is 33.2. The fourth-order valence-corrected chi connectivity index (χ4v) is 8.74. The van der Waals surface area contributed by atoms with Gasteiger partial charge < -0.3 is 10.2 Å². The first-order chi connectivity index (χ1) is 19.0. The van der Waals surface area contributed by atoms with Crippen LogP contribution < -0.4 is 0 Å². The van der Waals surface area contributed by atoms with E-state index in [1.54, 1.807) is 20.8 Å². The van der Waals surface area contributed by atoms with Crippen LogP contribution in [0.4, 0.5) is 0 Å². The Morgan fingerprint density at radius 2 is 1.66 bits per heavy atom. The molecule has 4 rings (SSSR count). The first-order valence-electron chi connectivity index (χ1n) is 15.3. The lowest BCUT2D eigenvalue weighted by Gasteiger charge is -2.62. The number of carbonyl (C=O) groups excluding carboxylic acids is 5. The van der Waals surface area contributed by atoms with Crippen molar-refractivity contribution in [2.75, 3.05) is 0 Å². The summed E-state index contributed by atoms with van der Waals surface area (Å²) in [7, 11) is 0. The molecule has 0 spiro atoms. The maximum atomic E-state index is 14.5. The monoisotopic (exact) mass is 566 g/mol. The van der Waals surface area contributed by atoms with Crippen LogP contribution in [-0.4, -0.2) is 44.7 Å². The topological polar surface area (TPSA) is 126 Å². The number of Topliss-reactive ketones (excluding diaryl/α,β-unsaturated/α-hetero) is 5. The zero-order chi connectivity index (χ0) is 30.8. The van der Waals surface area contributed by atoms with Gasteiger partial charge in [-0.25, -0.2) is 0 Å². The van der Waals surface area contributed by atoms with E-state index in [0.717, 1.165) is 38.2 Å². The van der Waals surface area contributed by atoms with E-state index >= 15 is 0 Å². The lowest BCUT2D eigenvalue weighted by atomic mass is 9.39. The molecule has 0 saturated heterocycles. The summed E-state index contributed by atoms with van der Waals surface area (Å²) in [5.41, 5.74) is -2.73. The molecule has 41 heavy (non-hydrogen) atoms. The highest BCUT2D eigenvalue weighted by Crippen LogP contribution is 2.64. The SMILES string of the molecule is CCCCCCc1cc(C(C)C)c2c(c1O)C(=O)C1C(=O)[C@@]3(O)C(=O)C(C(C)=O)C(=O)C(C(C)C)[C@@]3(C)C[C@@]1(C)C2. The maximum Gasteiger partial charge on any atom is 0.190 e. The minimum atomic E-state index is -2.67. The van der Waals surface area contributed by atoms with Gasteiger partial charge in [-0.1, -0.05) is 73.8 Å². The zero-order valence-corrected chi connectivity index (χ0v) is 25.8. The highest BCUT2D eigenvalue weighted by molar-refractivity contribution is 6.32. The second kappa shape index (κ2) is 10.6. The minimum absolute atomic E-state index is 0.0519. The van der Waals surface area contributed by atoms with Crippen molar-refractivity contribution >= 4 is 28.9 Å². The summed E-state index contributed by atoms with van der Waals surface area (Å²) in [6, 6.07) is 1.99. The number of carbonyl (C=O) groups is 5. The van der Waals surface area contributed by atoms with Gasteiger partial charge in [0.1, 0.15) is 17.5 Å². The van der Waals surface area contributed by atoms with Crippen LogP contribution in [0, 0.1) is 34.5 Å². The molecule has 3 aliphatic carbocycles. The van der Waals surface area contributed by atoms with Crippen LogP contribution in [0.15, 0.2) is 6.07 Å². The molecule has 224 valence electrons. The van der Waals surface area contributed by atoms with E-state index in [1.165, 1.54) is 0 Å². The Labute approximate surface area is 243 Å². The van der Waals surface area contributed by atoms with Gasteiger partial charge in [-0.3, -0.25) is 24.0 Å². The molecule has 0 aromatic heterocycles. The van der Waals surface area contributed by atoms with Crippen LogP contribution in [0.5, 0.6) is 5.75 Å². The Hall–Kier alpha value is -2.67. The number of aliphatic hydroxyl groups is 1. The molecule has 2 fully saturated rings. The highest BCUT2D eigenvalue weighted by Gasteiger charge is 2.76. The van der Waals surface area contributed by atoms with E-state index in [-0.39, 0.29) is 36.0 Å². The molecular weight excluding hydrogens is 520 g/mol. The van der Waals surface area contributed by atoms with Gasteiger partial charge in [-0.2, -0.15) is 0 Å². The number of phenols is 1. The summed E-state index contributed by atoms with van der Waals surface area (Å²) in [6.07, 6.45) is 4.96. The quantitative estimate of drug-likeness (QED) is 0.321. The molecule has 7 nitrogen and oxygen atoms in total. The number of fused-ring (bicyclic) bond motifs is 3. The van der Waals surface area contributed by atoms with Crippen molar-refractivity contribution < 1.29 is 34.2 Å². The number of phenolic OH excluding ortho intramolecular Hbond substituents is 1. The lowest BCUT2D eigenvalue weighted by molar-refractivity contribution is -0.205. The van der Waals surface area contributed by atoms with Gasteiger partial charge in [0.2, 0.25) is 0 Å². The largest absolute Gasteiger partial charge is 0.507 e. The maximum absolute atomic E-state index is 14.5. The van der Waals surface area contributed by atoms with Crippen LogP contribution in [0.3, 0.4) is 0 Å². The minimum Gasteiger partial charge on any atom is -0.507 e. The van der Waals surface area contributed by atoms with E-state index in [9.17, 15) is 34.2 Å². The van der Waals surface area contributed by atoms with Crippen molar-refractivity contribution in [1.82, 2.24) is 0 Å².